The second kappa shape index (κ2) is 7.97. The Bertz CT molecular complexity index is 625. The van der Waals surface area contributed by atoms with E-state index < -0.39 is 0 Å². The summed E-state index contributed by atoms with van der Waals surface area (Å²) in [5, 5.41) is 3.39. The summed E-state index contributed by atoms with van der Waals surface area (Å²) in [5.41, 5.74) is 1.93. The van der Waals surface area contributed by atoms with Crippen LogP contribution in [-0.4, -0.2) is 63.3 Å². The topological polar surface area (TPSA) is 44.8 Å². The van der Waals surface area contributed by atoms with E-state index in [1.54, 1.807) is 7.11 Å². The number of hydrogen-bond donors (Lipinski definition) is 1. The molecule has 0 spiro atoms. The zero-order chi connectivity index (χ0) is 17.9. The molecule has 2 saturated heterocycles. The van der Waals surface area contributed by atoms with Gasteiger partial charge in [-0.3, -0.25) is 9.69 Å². The van der Waals surface area contributed by atoms with Gasteiger partial charge in [0.25, 0.3) is 5.91 Å². The highest BCUT2D eigenvalue weighted by atomic mass is 16.5. The Hall–Kier alpha value is -1.59. The van der Waals surface area contributed by atoms with E-state index in [-0.39, 0.29) is 11.9 Å². The maximum Gasteiger partial charge on any atom is 0.253 e. The van der Waals surface area contributed by atoms with Crippen LogP contribution in [0, 0.1) is 11.8 Å². The number of para-hydroxylation sites is 1. The number of ether oxygens (including phenoxy) is 1. The molecule has 3 aliphatic rings. The van der Waals surface area contributed by atoms with E-state index in [9.17, 15) is 4.79 Å². The van der Waals surface area contributed by atoms with Crippen LogP contribution in [0.3, 0.4) is 0 Å². The van der Waals surface area contributed by atoms with Gasteiger partial charge in [-0.05, 0) is 49.7 Å². The van der Waals surface area contributed by atoms with Crippen molar-refractivity contribution < 1.29 is 9.53 Å². The molecule has 5 nitrogen and oxygen atoms in total. The summed E-state index contributed by atoms with van der Waals surface area (Å²) in [4.78, 5) is 17.9. The summed E-state index contributed by atoms with van der Waals surface area (Å²) in [6, 6.07) is 8.36. The molecule has 4 rings (SSSR count). The molecule has 1 aromatic rings. The fourth-order valence-corrected chi connectivity index (χ4v) is 4.62. The van der Waals surface area contributed by atoms with Crippen LogP contribution in [0.2, 0.25) is 0 Å². The highest BCUT2D eigenvalue weighted by molar-refractivity contribution is 6.00. The van der Waals surface area contributed by atoms with Crippen molar-refractivity contribution in [2.24, 2.45) is 11.8 Å². The number of benzene rings is 1. The van der Waals surface area contributed by atoms with Crippen molar-refractivity contribution in [1.82, 2.24) is 10.2 Å². The third kappa shape index (κ3) is 3.89. The summed E-state index contributed by atoms with van der Waals surface area (Å²) in [7, 11) is 1.75. The number of nitrogens with one attached hydrogen (secondary N) is 1. The van der Waals surface area contributed by atoms with Crippen LogP contribution in [0.1, 0.15) is 36.0 Å². The van der Waals surface area contributed by atoms with Crippen LogP contribution in [0.4, 0.5) is 5.69 Å². The van der Waals surface area contributed by atoms with Gasteiger partial charge in [-0.25, -0.2) is 0 Å². The number of likely N-dealkylation sites (tertiary alicyclic amines) is 1. The first-order chi connectivity index (χ1) is 12.8. The van der Waals surface area contributed by atoms with Gasteiger partial charge in [-0.2, -0.15) is 0 Å². The number of hydrogen-bond acceptors (Lipinski definition) is 4. The van der Waals surface area contributed by atoms with E-state index in [1.807, 2.05) is 18.2 Å². The molecule has 0 unspecified atom stereocenters. The normalized spacial score (nSPS) is 26.4. The second-order valence-electron chi connectivity index (χ2n) is 8.04. The van der Waals surface area contributed by atoms with E-state index in [1.165, 1.54) is 25.7 Å². The van der Waals surface area contributed by atoms with Crippen molar-refractivity contribution in [1.29, 1.82) is 0 Å². The minimum atomic E-state index is 0.0942. The molecule has 2 aliphatic heterocycles. The summed E-state index contributed by atoms with van der Waals surface area (Å²) in [6.45, 7) is 5.87. The summed E-state index contributed by atoms with van der Waals surface area (Å²) in [6.07, 6.45) is 5.08. The van der Waals surface area contributed by atoms with E-state index >= 15 is 0 Å². The van der Waals surface area contributed by atoms with Gasteiger partial charge in [0.15, 0.2) is 0 Å². The molecule has 0 bridgehead atoms. The van der Waals surface area contributed by atoms with E-state index in [0.717, 1.165) is 56.5 Å². The SMILES string of the molecule is COCCN1C[C@H](NC(=O)c2ccccc2N2CCCC2)[C@@H](C2CC2)C1. The Morgan fingerprint density at radius 3 is 2.69 bits per heavy atom. The van der Waals surface area contributed by atoms with Gasteiger partial charge in [-0.1, -0.05) is 12.1 Å². The first-order valence-corrected chi connectivity index (χ1v) is 10.1. The predicted molar refractivity (Wildman–Crippen MR) is 104 cm³/mol. The van der Waals surface area contributed by atoms with Crippen LogP contribution < -0.4 is 10.2 Å². The number of rotatable bonds is 7. The number of carbonyl (C=O) groups excluding carboxylic acids is 1. The Labute approximate surface area is 156 Å². The van der Waals surface area contributed by atoms with E-state index in [2.05, 4.69) is 21.2 Å². The molecule has 2 heterocycles. The number of amides is 1. The van der Waals surface area contributed by atoms with Gasteiger partial charge in [-0.15, -0.1) is 0 Å². The number of methoxy groups -OCH3 is 1. The molecule has 5 heteroatoms. The number of nitrogens with zero attached hydrogens (tertiary/aromatic N) is 2. The maximum absolute atomic E-state index is 13.1. The minimum Gasteiger partial charge on any atom is -0.383 e. The molecule has 1 amide bonds. The zero-order valence-corrected chi connectivity index (χ0v) is 15.8. The van der Waals surface area contributed by atoms with Crippen molar-refractivity contribution in [3.05, 3.63) is 29.8 Å². The Morgan fingerprint density at radius 2 is 1.96 bits per heavy atom. The van der Waals surface area contributed by atoms with Crippen LogP contribution in [0.15, 0.2) is 24.3 Å². The molecule has 0 aromatic heterocycles. The van der Waals surface area contributed by atoms with E-state index in [4.69, 9.17) is 4.74 Å². The van der Waals surface area contributed by atoms with Crippen LogP contribution in [-0.2, 0) is 4.74 Å². The first-order valence-electron chi connectivity index (χ1n) is 10.1. The van der Waals surface area contributed by atoms with Gasteiger partial charge in [0.1, 0.15) is 0 Å². The molecule has 1 aliphatic carbocycles. The van der Waals surface area contributed by atoms with Crippen LogP contribution in [0.25, 0.3) is 0 Å². The Kier molecular flexibility index (Phi) is 5.46. The molecule has 26 heavy (non-hydrogen) atoms. The fourth-order valence-electron chi connectivity index (χ4n) is 4.62. The lowest BCUT2D eigenvalue weighted by Gasteiger charge is -2.23. The average molecular weight is 357 g/mol. The monoisotopic (exact) mass is 357 g/mol. The lowest BCUT2D eigenvalue weighted by Crippen LogP contribution is -2.41. The average Bonchev–Trinajstić information content (AvgIpc) is 3.20. The molecular weight excluding hydrogens is 326 g/mol. The largest absolute Gasteiger partial charge is 0.383 e. The van der Waals surface area contributed by atoms with Crippen LogP contribution >= 0.6 is 0 Å². The van der Waals surface area contributed by atoms with Gasteiger partial charge in [0.05, 0.1) is 12.2 Å². The summed E-state index contributed by atoms with van der Waals surface area (Å²) in [5.74, 6) is 1.48. The van der Waals surface area contributed by atoms with Crippen molar-refractivity contribution >= 4 is 11.6 Å². The van der Waals surface area contributed by atoms with Gasteiger partial charge in [0.2, 0.25) is 0 Å². The molecular formula is C21H31N3O2. The molecule has 142 valence electrons. The fraction of sp³-hybridized carbons (Fsp3) is 0.667. The van der Waals surface area contributed by atoms with Crippen molar-refractivity contribution in [2.75, 3.05) is 51.3 Å². The lowest BCUT2D eigenvalue weighted by molar-refractivity contribution is 0.0928. The third-order valence-corrected chi connectivity index (χ3v) is 6.19. The molecule has 2 atom stereocenters. The van der Waals surface area contributed by atoms with Crippen molar-refractivity contribution in [3.63, 3.8) is 0 Å². The Morgan fingerprint density at radius 1 is 1.19 bits per heavy atom. The predicted octanol–water partition coefficient (Wildman–Crippen LogP) is 2.37. The van der Waals surface area contributed by atoms with Crippen molar-refractivity contribution in [2.45, 2.75) is 31.7 Å². The quantitative estimate of drug-likeness (QED) is 0.814. The van der Waals surface area contributed by atoms with Gasteiger partial charge >= 0.3 is 0 Å². The Balaban J connectivity index is 1.45. The highest BCUT2D eigenvalue weighted by Gasteiger charge is 2.43. The molecule has 1 saturated carbocycles. The summed E-state index contributed by atoms with van der Waals surface area (Å²) >= 11 is 0. The highest BCUT2D eigenvalue weighted by Crippen LogP contribution is 2.41. The molecule has 3 fully saturated rings. The second-order valence-corrected chi connectivity index (χ2v) is 8.04. The van der Waals surface area contributed by atoms with Crippen LogP contribution in [0.5, 0.6) is 0 Å². The maximum atomic E-state index is 13.1. The first kappa shape index (κ1) is 17.8. The molecule has 1 aromatic carbocycles. The lowest BCUT2D eigenvalue weighted by atomic mass is 9.97. The minimum absolute atomic E-state index is 0.0942. The smallest absolute Gasteiger partial charge is 0.253 e. The zero-order valence-electron chi connectivity index (χ0n) is 15.8. The third-order valence-electron chi connectivity index (χ3n) is 6.19. The molecule has 1 N–H and O–H groups in total. The van der Waals surface area contributed by atoms with E-state index in [0.29, 0.717) is 5.92 Å². The molecule has 0 radical (unpaired) electrons. The van der Waals surface area contributed by atoms with Gasteiger partial charge < -0.3 is 15.0 Å². The number of anilines is 1. The summed E-state index contributed by atoms with van der Waals surface area (Å²) < 4.78 is 5.24. The standard InChI is InChI=1S/C21H31N3O2/c1-26-13-12-23-14-18(16-8-9-16)19(15-23)22-21(25)17-6-2-3-7-20(17)24-10-4-5-11-24/h2-3,6-7,16,18-19H,4-5,8-15H2,1H3,(H,22,25)/t18-,19+/m1/s1. The van der Waals surface area contributed by atoms with Crippen molar-refractivity contribution in [3.8, 4) is 0 Å². The van der Waals surface area contributed by atoms with Gasteiger partial charge in [0, 0.05) is 51.6 Å². The number of carbonyl (C=O) groups is 1.